The number of benzene rings is 1. The number of allylic oxidation sites excluding steroid dienone is 2. The maximum absolute atomic E-state index is 11.8. The van der Waals surface area contributed by atoms with Crippen molar-refractivity contribution < 1.29 is 4.79 Å². The fraction of sp³-hybridized carbons (Fsp3) is 0.118. The molecule has 0 saturated carbocycles. The van der Waals surface area contributed by atoms with Crippen LogP contribution in [0.2, 0.25) is 0 Å². The van der Waals surface area contributed by atoms with E-state index in [-0.39, 0.29) is 5.78 Å². The molecule has 0 N–H and O–H groups in total. The van der Waals surface area contributed by atoms with E-state index in [0.29, 0.717) is 0 Å². The van der Waals surface area contributed by atoms with Gasteiger partial charge in [0.2, 0.25) is 0 Å². The van der Waals surface area contributed by atoms with Crippen molar-refractivity contribution in [3.8, 4) is 0 Å². The van der Waals surface area contributed by atoms with Crippen molar-refractivity contribution in [1.29, 1.82) is 0 Å². The molecule has 0 unspecified atom stereocenters. The van der Waals surface area contributed by atoms with Gasteiger partial charge in [0.05, 0.1) is 3.79 Å². The van der Waals surface area contributed by atoms with Gasteiger partial charge in [0.25, 0.3) is 0 Å². The molecule has 1 aromatic carbocycles. The molecule has 2 aromatic rings. The van der Waals surface area contributed by atoms with Crippen LogP contribution in [0.4, 0.5) is 5.69 Å². The number of ketones is 1. The molecule has 0 spiro atoms. The Labute approximate surface area is 137 Å². The number of thiophene rings is 1. The molecule has 2 rings (SSSR count). The van der Waals surface area contributed by atoms with Crippen LogP contribution in [0.25, 0.3) is 12.2 Å². The summed E-state index contributed by atoms with van der Waals surface area (Å²) in [7, 11) is 4.00. The summed E-state index contributed by atoms with van der Waals surface area (Å²) in [6.07, 6.45) is 6.83. The first-order valence-electron chi connectivity index (χ1n) is 6.47. The lowest BCUT2D eigenvalue weighted by molar-refractivity contribution is -0.110. The zero-order valence-electron chi connectivity index (χ0n) is 11.9. The molecule has 21 heavy (non-hydrogen) atoms. The normalized spacial score (nSPS) is 11.4. The minimum atomic E-state index is -0.0174. The molecule has 0 bridgehead atoms. The van der Waals surface area contributed by atoms with Crippen LogP contribution in [0.3, 0.4) is 0 Å². The topological polar surface area (TPSA) is 20.3 Å². The van der Waals surface area contributed by atoms with Gasteiger partial charge in [0.15, 0.2) is 5.78 Å². The molecule has 4 heteroatoms. The fourth-order valence-electron chi connectivity index (χ4n) is 1.70. The highest BCUT2D eigenvalue weighted by Crippen LogP contribution is 2.23. The number of nitrogens with zero attached hydrogens (tertiary/aromatic N) is 1. The van der Waals surface area contributed by atoms with Crippen molar-refractivity contribution in [2.45, 2.75) is 0 Å². The second kappa shape index (κ2) is 7.38. The molecule has 0 radical (unpaired) electrons. The average molecular weight is 362 g/mol. The lowest BCUT2D eigenvalue weighted by Crippen LogP contribution is -2.07. The van der Waals surface area contributed by atoms with Crippen LogP contribution in [0.5, 0.6) is 0 Å². The second-order valence-electron chi connectivity index (χ2n) is 4.70. The predicted octanol–water partition coefficient (Wildman–Crippen LogP) is 4.87. The van der Waals surface area contributed by atoms with E-state index in [0.717, 1.165) is 19.9 Å². The first-order valence-corrected chi connectivity index (χ1v) is 8.08. The van der Waals surface area contributed by atoms with Crippen LogP contribution in [0.15, 0.2) is 52.3 Å². The molecular formula is C17H16BrNOS. The quantitative estimate of drug-likeness (QED) is 0.707. The smallest absolute Gasteiger partial charge is 0.178 e. The number of halogens is 1. The van der Waals surface area contributed by atoms with E-state index in [2.05, 4.69) is 15.9 Å². The van der Waals surface area contributed by atoms with Crippen molar-refractivity contribution in [3.05, 3.63) is 62.8 Å². The van der Waals surface area contributed by atoms with Gasteiger partial charge < -0.3 is 4.90 Å². The first-order chi connectivity index (χ1) is 10.0. The number of anilines is 1. The average Bonchev–Trinajstić information content (AvgIpc) is 2.89. The predicted molar refractivity (Wildman–Crippen MR) is 95.9 cm³/mol. The Morgan fingerprint density at radius 2 is 1.71 bits per heavy atom. The van der Waals surface area contributed by atoms with Crippen molar-refractivity contribution in [2.24, 2.45) is 0 Å². The molecule has 0 atom stereocenters. The maximum atomic E-state index is 11.8. The lowest BCUT2D eigenvalue weighted by atomic mass is 10.1. The number of hydrogen-bond acceptors (Lipinski definition) is 3. The van der Waals surface area contributed by atoms with Crippen LogP contribution in [-0.2, 0) is 4.79 Å². The standard InChI is InChI=1S/C17H16BrNOS/c1-19(2)14-6-3-13(4-7-14)5-8-15(20)9-10-16-11-12-17(18)21-16/h3-12H,1-2H3/b8-5+,10-9+. The van der Waals surface area contributed by atoms with Gasteiger partial charge >= 0.3 is 0 Å². The summed E-state index contributed by atoms with van der Waals surface area (Å²) in [6, 6.07) is 12.0. The molecule has 2 nitrogen and oxygen atoms in total. The summed E-state index contributed by atoms with van der Waals surface area (Å²) in [4.78, 5) is 14.9. The Kier molecular flexibility index (Phi) is 5.53. The maximum Gasteiger partial charge on any atom is 0.178 e. The Balaban J connectivity index is 1.97. The molecule has 0 aliphatic heterocycles. The third-order valence-electron chi connectivity index (χ3n) is 2.86. The molecule has 0 aliphatic carbocycles. The van der Waals surface area contributed by atoms with Gasteiger partial charge in [-0.25, -0.2) is 0 Å². The largest absolute Gasteiger partial charge is 0.378 e. The van der Waals surface area contributed by atoms with Gasteiger partial charge in [-0.3, -0.25) is 4.79 Å². The van der Waals surface area contributed by atoms with E-state index >= 15 is 0 Å². The highest BCUT2D eigenvalue weighted by atomic mass is 79.9. The minimum absolute atomic E-state index is 0.0174. The molecule has 0 fully saturated rings. The Bertz CT molecular complexity index is 668. The van der Waals surface area contributed by atoms with E-state index in [4.69, 9.17) is 0 Å². The van der Waals surface area contributed by atoms with Crippen molar-refractivity contribution in [1.82, 2.24) is 0 Å². The van der Waals surface area contributed by atoms with E-state index < -0.39 is 0 Å². The van der Waals surface area contributed by atoms with E-state index in [1.807, 2.05) is 67.5 Å². The number of rotatable bonds is 5. The summed E-state index contributed by atoms with van der Waals surface area (Å²) in [5.74, 6) is -0.0174. The van der Waals surface area contributed by atoms with Gasteiger partial charge in [0.1, 0.15) is 0 Å². The number of hydrogen-bond donors (Lipinski definition) is 0. The highest BCUT2D eigenvalue weighted by molar-refractivity contribution is 9.11. The van der Waals surface area contributed by atoms with E-state index in [1.165, 1.54) is 0 Å². The van der Waals surface area contributed by atoms with Gasteiger partial charge in [-0.15, -0.1) is 11.3 Å². The van der Waals surface area contributed by atoms with E-state index in [9.17, 15) is 4.79 Å². The zero-order chi connectivity index (χ0) is 15.2. The lowest BCUT2D eigenvalue weighted by Gasteiger charge is -2.11. The van der Waals surface area contributed by atoms with Crippen molar-refractivity contribution >= 4 is 50.9 Å². The summed E-state index contributed by atoms with van der Waals surface area (Å²) in [5.41, 5.74) is 2.16. The second-order valence-corrected chi connectivity index (χ2v) is 7.19. The van der Waals surface area contributed by atoms with Crippen molar-refractivity contribution in [2.75, 3.05) is 19.0 Å². The highest BCUT2D eigenvalue weighted by Gasteiger charge is 1.96. The van der Waals surface area contributed by atoms with Gasteiger partial charge in [0, 0.05) is 24.7 Å². The zero-order valence-corrected chi connectivity index (χ0v) is 14.3. The Morgan fingerprint density at radius 3 is 2.29 bits per heavy atom. The molecule has 108 valence electrons. The van der Waals surface area contributed by atoms with Crippen LogP contribution in [0.1, 0.15) is 10.4 Å². The molecule has 0 amide bonds. The minimum Gasteiger partial charge on any atom is -0.378 e. The van der Waals surface area contributed by atoms with Gasteiger partial charge in [-0.2, -0.15) is 0 Å². The van der Waals surface area contributed by atoms with Crippen LogP contribution < -0.4 is 4.90 Å². The summed E-state index contributed by atoms with van der Waals surface area (Å²) >= 11 is 5.00. The van der Waals surface area contributed by atoms with Gasteiger partial charge in [-0.05, 0) is 64.0 Å². The van der Waals surface area contributed by atoms with Crippen LogP contribution >= 0.6 is 27.3 Å². The first kappa shape index (κ1) is 15.7. The molecule has 1 heterocycles. The SMILES string of the molecule is CN(C)c1ccc(/C=C/C(=O)/C=C/c2ccc(Br)s2)cc1. The van der Waals surface area contributed by atoms with Crippen LogP contribution in [-0.4, -0.2) is 19.9 Å². The third kappa shape index (κ3) is 4.99. The third-order valence-corrected chi connectivity index (χ3v) is 4.44. The number of carbonyl (C=O) groups is 1. The molecule has 0 saturated heterocycles. The number of carbonyl (C=O) groups excluding carboxylic acids is 1. The summed E-state index contributed by atoms with van der Waals surface area (Å²) in [5, 5.41) is 0. The summed E-state index contributed by atoms with van der Waals surface area (Å²) in [6.45, 7) is 0. The van der Waals surface area contributed by atoms with Crippen LogP contribution in [0, 0.1) is 0 Å². The van der Waals surface area contributed by atoms with Gasteiger partial charge in [-0.1, -0.05) is 18.2 Å². The van der Waals surface area contributed by atoms with E-state index in [1.54, 1.807) is 23.5 Å². The fourth-order valence-corrected chi connectivity index (χ4v) is 3.03. The summed E-state index contributed by atoms with van der Waals surface area (Å²) < 4.78 is 1.06. The molecule has 0 aliphatic rings. The van der Waals surface area contributed by atoms with Crippen molar-refractivity contribution in [3.63, 3.8) is 0 Å². The monoisotopic (exact) mass is 361 g/mol. The molecule has 1 aromatic heterocycles. The Hall–Kier alpha value is -1.65. The molecular weight excluding hydrogens is 346 g/mol. The Morgan fingerprint density at radius 1 is 1.05 bits per heavy atom.